The van der Waals surface area contributed by atoms with E-state index in [1.165, 1.54) is 6.07 Å². The molecule has 1 amide bonds. The molecule has 2 unspecified atom stereocenters. The van der Waals surface area contributed by atoms with Gasteiger partial charge in [0, 0.05) is 6.54 Å². The molecular weight excluding hydrogens is 328 g/mol. The van der Waals surface area contributed by atoms with Gasteiger partial charge in [0.25, 0.3) is 5.91 Å². The van der Waals surface area contributed by atoms with E-state index < -0.39 is 12.5 Å². The summed E-state index contributed by atoms with van der Waals surface area (Å²) in [6, 6.07) is 10.2. The van der Waals surface area contributed by atoms with Gasteiger partial charge in [-0.15, -0.1) is 0 Å². The third kappa shape index (κ3) is 4.45. The molecule has 2 N–H and O–H groups in total. The number of hydrogen-bond acceptors (Lipinski definition) is 3. The van der Waals surface area contributed by atoms with E-state index in [9.17, 15) is 18.7 Å². The monoisotopic (exact) mass is 349 g/mol. The van der Waals surface area contributed by atoms with Crippen molar-refractivity contribution < 1.29 is 23.4 Å². The fourth-order valence-corrected chi connectivity index (χ4v) is 3.37. The van der Waals surface area contributed by atoms with Crippen LogP contribution < -0.4 is 10.1 Å². The number of halogens is 2. The van der Waals surface area contributed by atoms with Crippen molar-refractivity contribution in [1.29, 1.82) is 0 Å². The zero-order valence-corrected chi connectivity index (χ0v) is 13.8. The molecule has 2 aromatic rings. The predicted molar refractivity (Wildman–Crippen MR) is 90.9 cm³/mol. The zero-order valence-electron chi connectivity index (χ0n) is 13.8. The van der Waals surface area contributed by atoms with Gasteiger partial charge in [-0.2, -0.15) is 8.78 Å². The lowest BCUT2D eigenvalue weighted by atomic mass is 9.87. The number of nitrogens with one attached hydrogen (secondary N) is 1. The average molecular weight is 349 g/mol. The lowest BCUT2D eigenvalue weighted by molar-refractivity contribution is -0.0500. The fraction of sp³-hybridized carbons (Fsp3) is 0.421. The molecule has 3 rings (SSSR count). The second-order valence-corrected chi connectivity index (χ2v) is 6.47. The van der Waals surface area contributed by atoms with E-state index in [0.717, 1.165) is 30.0 Å². The first-order valence-electron chi connectivity index (χ1n) is 8.47. The van der Waals surface area contributed by atoms with Crippen LogP contribution in [0.15, 0.2) is 36.4 Å². The first kappa shape index (κ1) is 17.6. The molecule has 0 radical (unpaired) electrons. The fourth-order valence-electron chi connectivity index (χ4n) is 3.37. The van der Waals surface area contributed by atoms with Crippen molar-refractivity contribution in [3.63, 3.8) is 0 Å². The zero-order chi connectivity index (χ0) is 17.8. The number of rotatable bonds is 5. The summed E-state index contributed by atoms with van der Waals surface area (Å²) in [6.07, 6.45) is 2.99. The highest BCUT2D eigenvalue weighted by molar-refractivity contribution is 6.01. The SMILES string of the molecule is O=C(NCC1CCCC(O)C1)c1cc2ccccc2cc1OC(F)F. The number of fused-ring (bicyclic) bond motifs is 1. The van der Waals surface area contributed by atoms with Gasteiger partial charge < -0.3 is 15.2 Å². The van der Waals surface area contributed by atoms with Gasteiger partial charge in [0.1, 0.15) is 5.75 Å². The van der Waals surface area contributed by atoms with Crippen molar-refractivity contribution in [2.45, 2.75) is 38.4 Å². The summed E-state index contributed by atoms with van der Waals surface area (Å²) < 4.78 is 30.0. The number of ether oxygens (including phenoxy) is 1. The van der Waals surface area contributed by atoms with Crippen molar-refractivity contribution in [3.8, 4) is 5.75 Å². The minimum Gasteiger partial charge on any atom is -0.434 e. The molecule has 4 nitrogen and oxygen atoms in total. The van der Waals surface area contributed by atoms with Crippen molar-refractivity contribution in [1.82, 2.24) is 5.32 Å². The third-order valence-electron chi connectivity index (χ3n) is 4.62. The Morgan fingerprint density at radius 2 is 1.96 bits per heavy atom. The standard InChI is InChI=1S/C19H21F2NO3/c20-19(21)25-17-10-14-6-2-1-5-13(14)9-16(17)18(24)22-11-12-4-3-7-15(23)8-12/h1-2,5-6,9-10,12,15,19,23H,3-4,7-8,11H2,(H,22,24). The van der Waals surface area contributed by atoms with Gasteiger partial charge >= 0.3 is 6.61 Å². The molecule has 0 heterocycles. The summed E-state index contributed by atoms with van der Waals surface area (Å²) in [7, 11) is 0. The van der Waals surface area contributed by atoms with Gasteiger partial charge in [0.15, 0.2) is 0 Å². The highest BCUT2D eigenvalue weighted by Crippen LogP contribution is 2.28. The van der Waals surface area contributed by atoms with Crippen LogP contribution in [0.1, 0.15) is 36.0 Å². The molecular formula is C19H21F2NO3. The van der Waals surface area contributed by atoms with Gasteiger partial charge in [0.05, 0.1) is 11.7 Å². The Morgan fingerprint density at radius 3 is 2.64 bits per heavy atom. The Kier molecular flexibility index (Phi) is 5.48. The number of amides is 1. The highest BCUT2D eigenvalue weighted by Gasteiger charge is 2.22. The van der Waals surface area contributed by atoms with E-state index >= 15 is 0 Å². The maximum atomic E-state index is 12.7. The number of benzene rings is 2. The Hall–Kier alpha value is -2.21. The number of carbonyl (C=O) groups is 1. The summed E-state index contributed by atoms with van der Waals surface area (Å²) in [4.78, 5) is 12.5. The summed E-state index contributed by atoms with van der Waals surface area (Å²) >= 11 is 0. The summed E-state index contributed by atoms with van der Waals surface area (Å²) in [6.45, 7) is -2.59. The molecule has 0 saturated heterocycles. The Labute approximate surface area is 144 Å². The molecule has 2 atom stereocenters. The molecule has 1 fully saturated rings. The number of alkyl halides is 2. The van der Waals surface area contributed by atoms with Crippen LogP contribution in [-0.2, 0) is 0 Å². The van der Waals surface area contributed by atoms with E-state index in [2.05, 4.69) is 10.1 Å². The van der Waals surface area contributed by atoms with E-state index in [4.69, 9.17) is 0 Å². The molecule has 0 bridgehead atoms. The Balaban J connectivity index is 1.78. The molecule has 2 aromatic carbocycles. The van der Waals surface area contributed by atoms with E-state index in [1.54, 1.807) is 18.2 Å². The van der Waals surface area contributed by atoms with Gasteiger partial charge in [-0.1, -0.05) is 30.7 Å². The largest absolute Gasteiger partial charge is 0.434 e. The van der Waals surface area contributed by atoms with Crippen LogP contribution in [0.4, 0.5) is 8.78 Å². The van der Waals surface area contributed by atoms with Gasteiger partial charge in [-0.05, 0) is 48.1 Å². The second-order valence-electron chi connectivity index (χ2n) is 6.47. The van der Waals surface area contributed by atoms with Crippen LogP contribution in [0.2, 0.25) is 0 Å². The predicted octanol–water partition coefficient (Wildman–Crippen LogP) is 3.72. The van der Waals surface area contributed by atoms with Crippen molar-refractivity contribution in [3.05, 3.63) is 42.0 Å². The van der Waals surface area contributed by atoms with Crippen molar-refractivity contribution >= 4 is 16.7 Å². The lowest BCUT2D eigenvalue weighted by Gasteiger charge is -2.26. The molecule has 1 aliphatic carbocycles. The maximum absolute atomic E-state index is 12.7. The number of carbonyl (C=O) groups excluding carboxylic acids is 1. The molecule has 0 aromatic heterocycles. The minimum absolute atomic E-state index is 0.0929. The Bertz CT molecular complexity index is 751. The summed E-state index contributed by atoms with van der Waals surface area (Å²) in [5.41, 5.74) is 0.0929. The van der Waals surface area contributed by atoms with E-state index in [1.807, 2.05) is 12.1 Å². The molecule has 0 aliphatic heterocycles. The summed E-state index contributed by atoms with van der Waals surface area (Å²) in [5.74, 6) is -0.371. The molecule has 6 heteroatoms. The van der Waals surface area contributed by atoms with Gasteiger partial charge in [-0.25, -0.2) is 0 Å². The van der Waals surface area contributed by atoms with Crippen molar-refractivity contribution in [2.24, 2.45) is 5.92 Å². The average Bonchev–Trinajstić information content (AvgIpc) is 2.58. The first-order chi connectivity index (χ1) is 12.0. The topological polar surface area (TPSA) is 58.6 Å². The number of aliphatic hydroxyl groups excluding tert-OH is 1. The van der Waals surface area contributed by atoms with Crippen LogP contribution in [0.3, 0.4) is 0 Å². The maximum Gasteiger partial charge on any atom is 0.387 e. The smallest absolute Gasteiger partial charge is 0.387 e. The highest BCUT2D eigenvalue weighted by atomic mass is 19.3. The van der Waals surface area contributed by atoms with Gasteiger partial charge in [-0.3, -0.25) is 4.79 Å². The van der Waals surface area contributed by atoms with Crippen LogP contribution in [0.25, 0.3) is 10.8 Å². The van der Waals surface area contributed by atoms with E-state index in [0.29, 0.717) is 13.0 Å². The molecule has 1 saturated carbocycles. The second kappa shape index (κ2) is 7.78. The normalized spacial score (nSPS) is 20.6. The van der Waals surface area contributed by atoms with Crippen LogP contribution >= 0.6 is 0 Å². The molecule has 134 valence electrons. The molecule has 0 spiro atoms. The number of aliphatic hydroxyl groups is 1. The van der Waals surface area contributed by atoms with Crippen LogP contribution in [0.5, 0.6) is 5.75 Å². The first-order valence-corrected chi connectivity index (χ1v) is 8.47. The quantitative estimate of drug-likeness (QED) is 0.865. The summed E-state index contributed by atoms with van der Waals surface area (Å²) in [5, 5.41) is 14.0. The minimum atomic E-state index is -3.00. The van der Waals surface area contributed by atoms with Crippen LogP contribution in [0, 0.1) is 5.92 Å². The lowest BCUT2D eigenvalue weighted by Crippen LogP contribution is -2.33. The number of hydrogen-bond donors (Lipinski definition) is 2. The van der Waals surface area contributed by atoms with Crippen molar-refractivity contribution in [2.75, 3.05) is 6.54 Å². The molecule has 25 heavy (non-hydrogen) atoms. The molecule has 1 aliphatic rings. The third-order valence-corrected chi connectivity index (χ3v) is 4.62. The van der Waals surface area contributed by atoms with Gasteiger partial charge in [0.2, 0.25) is 0 Å². The van der Waals surface area contributed by atoms with Crippen LogP contribution in [-0.4, -0.2) is 30.3 Å². The Morgan fingerprint density at radius 1 is 1.24 bits per heavy atom. The van der Waals surface area contributed by atoms with E-state index in [-0.39, 0.29) is 23.3 Å².